The van der Waals surface area contributed by atoms with Crippen LogP contribution in [0.25, 0.3) is 5.76 Å². The van der Waals surface area contributed by atoms with Crippen LogP contribution in [0.15, 0.2) is 72.6 Å². The lowest BCUT2D eigenvalue weighted by molar-refractivity contribution is -0.132. The standard InChI is InChI=1S/C26H24N2O4/c1-4-32-21-11-10-18(14-17(21)3)24(29)22-23(19-8-6-12-27-15-19)28(26(31)25(22)30)20-9-5-7-16(2)13-20/h5-15,23,29H,4H2,1-3H3/b24-22-. The number of hydrogen-bond donors (Lipinski definition) is 1. The smallest absolute Gasteiger partial charge is 0.300 e. The van der Waals surface area contributed by atoms with Crippen molar-refractivity contribution in [1.82, 2.24) is 4.98 Å². The number of hydrogen-bond acceptors (Lipinski definition) is 5. The molecule has 1 aromatic heterocycles. The second kappa shape index (κ2) is 8.67. The average Bonchev–Trinajstić information content (AvgIpc) is 3.06. The summed E-state index contributed by atoms with van der Waals surface area (Å²) in [5.41, 5.74) is 3.48. The second-order valence-corrected chi connectivity index (χ2v) is 7.71. The molecule has 0 aliphatic carbocycles. The SMILES string of the molecule is CCOc1ccc(/C(O)=C2/C(=O)C(=O)N(c3cccc(C)c3)C2c2cccnc2)cc1C. The zero-order valence-corrected chi connectivity index (χ0v) is 18.2. The van der Waals surface area contributed by atoms with Crippen molar-refractivity contribution in [3.8, 4) is 5.75 Å². The van der Waals surface area contributed by atoms with Crippen molar-refractivity contribution in [2.24, 2.45) is 0 Å². The molecule has 0 radical (unpaired) electrons. The number of amides is 1. The van der Waals surface area contributed by atoms with Gasteiger partial charge in [0, 0.05) is 23.6 Å². The fourth-order valence-corrected chi connectivity index (χ4v) is 4.00. The van der Waals surface area contributed by atoms with Crippen molar-refractivity contribution in [1.29, 1.82) is 0 Å². The third-order valence-corrected chi connectivity index (χ3v) is 5.47. The maximum absolute atomic E-state index is 13.2. The molecule has 0 spiro atoms. The number of aliphatic hydroxyl groups excluding tert-OH is 1. The third-order valence-electron chi connectivity index (χ3n) is 5.47. The highest BCUT2D eigenvalue weighted by Gasteiger charge is 2.47. The van der Waals surface area contributed by atoms with Crippen LogP contribution in [-0.4, -0.2) is 28.4 Å². The molecule has 1 aliphatic rings. The lowest BCUT2D eigenvalue weighted by atomic mass is 9.95. The number of rotatable bonds is 5. The van der Waals surface area contributed by atoms with Gasteiger partial charge < -0.3 is 9.84 Å². The van der Waals surface area contributed by atoms with Crippen molar-refractivity contribution in [3.63, 3.8) is 0 Å². The van der Waals surface area contributed by atoms with E-state index in [1.165, 1.54) is 4.90 Å². The number of nitrogens with zero attached hydrogens (tertiary/aromatic N) is 2. The van der Waals surface area contributed by atoms with Gasteiger partial charge in [0.25, 0.3) is 11.7 Å². The Hall–Kier alpha value is -3.93. The maximum Gasteiger partial charge on any atom is 0.300 e. The summed E-state index contributed by atoms with van der Waals surface area (Å²) in [5.74, 6) is -0.940. The molecule has 2 heterocycles. The van der Waals surface area contributed by atoms with E-state index in [0.29, 0.717) is 29.2 Å². The predicted molar refractivity (Wildman–Crippen MR) is 123 cm³/mol. The van der Waals surface area contributed by atoms with Gasteiger partial charge in [0.2, 0.25) is 0 Å². The van der Waals surface area contributed by atoms with Gasteiger partial charge in [0.1, 0.15) is 11.5 Å². The quantitative estimate of drug-likeness (QED) is 0.361. The highest BCUT2D eigenvalue weighted by Crippen LogP contribution is 2.42. The summed E-state index contributed by atoms with van der Waals surface area (Å²) in [4.78, 5) is 31.9. The zero-order chi connectivity index (χ0) is 22.8. The Morgan fingerprint density at radius 2 is 1.91 bits per heavy atom. The summed E-state index contributed by atoms with van der Waals surface area (Å²) in [6, 6.07) is 15.3. The first-order valence-corrected chi connectivity index (χ1v) is 10.4. The largest absolute Gasteiger partial charge is 0.507 e. The first-order chi connectivity index (χ1) is 15.4. The molecule has 4 rings (SSSR count). The first kappa shape index (κ1) is 21.3. The highest BCUT2D eigenvalue weighted by atomic mass is 16.5. The summed E-state index contributed by atoms with van der Waals surface area (Å²) in [6.07, 6.45) is 3.23. The molecule has 32 heavy (non-hydrogen) atoms. The van der Waals surface area contributed by atoms with Gasteiger partial charge in [0.15, 0.2) is 0 Å². The number of benzene rings is 2. The zero-order valence-electron chi connectivity index (χ0n) is 18.2. The number of ether oxygens (including phenoxy) is 1. The molecule has 1 amide bonds. The van der Waals surface area contributed by atoms with E-state index in [9.17, 15) is 14.7 Å². The van der Waals surface area contributed by atoms with Gasteiger partial charge in [-0.1, -0.05) is 18.2 Å². The minimum absolute atomic E-state index is 0.0352. The van der Waals surface area contributed by atoms with E-state index in [1.54, 1.807) is 48.8 Å². The lowest BCUT2D eigenvalue weighted by Crippen LogP contribution is -2.29. The number of aliphatic hydroxyl groups is 1. The molecule has 1 unspecified atom stereocenters. The molecular weight excluding hydrogens is 404 g/mol. The summed E-state index contributed by atoms with van der Waals surface area (Å²) in [7, 11) is 0. The number of anilines is 1. The molecule has 1 fully saturated rings. The molecule has 0 bridgehead atoms. The number of carbonyl (C=O) groups is 2. The first-order valence-electron chi connectivity index (χ1n) is 10.4. The van der Waals surface area contributed by atoms with Gasteiger partial charge >= 0.3 is 0 Å². The van der Waals surface area contributed by atoms with Gasteiger partial charge in [-0.05, 0) is 73.9 Å². The Morgan fingerprint density at radius 1 is 1.09 bits per heavy atom. The van der Waals surface area contributed by atoms with Gasteiger partial charge in [-0.2, -0.15) is 0 Å². The molecule has 1 aliphatic heterocycles. The molecule has 0 saturated carbocycles. The summed E-state index contributed by atoms with van der Waals surface area (Å²) in [6.45, 7) is 6.20. The van der Waals surface area contributed by atoms with E-state index in [-0.39, 0.29) is 11.3 Å². The minimum atomic E-state index is -0.794. The molecule has 1 saturated heterocycles. The number of pyridine rings is 1. The Morgan fingerprint density at radius 3 is 2.56 bits per heavy atom. The Labute approximate surface area is 186 Å². The second-order valence-electron chi connectivity index (χ2n) is 7.71. The van der Waals surface area contributed by atoms with Crippen LogP contribution >= 0.6 is 0 Å². The van der Waals surface area contributed by atoms with Crippen LogP contribution in [0.5, 0.6) is 5.75 Å². The molecule has 6 nitrogen and oxygen atoms in total. The van der Waals surface area contributed by atoms with Crippen molar-refractivity contribution in [3.05, 3.63) is 94.8 Å². The van der Waals surface area contributed by atoms with Crippen LogP contribution in [0, 0.1) is 13.8 Å². The van der Waals surface area contributed by atoms with Gasteiger partial charge in [-0.15, -0.1) is 0 Å². The number of ketones is 1. The lowest BCUT2D eigenvalue weighted by Gasteiger charge is -2.25. The Bertz CT molecular complexity index is 1220. The van der Waals surface area contributed by atoms with E-state index in [1.807, 2.05) is 39.0 Å². The topological polar surface area (TPSA) is 79.7 Å². The average molecular weight is 428 g/mol. The highest BCUT2D eigenvalue weighted by molar-refractivity contribution is 6.51. The van der Waals surface area contributed by atoms with Crippen molar-refractivity contribution >= 4 is 23.1 Å². The number of aromatic nitrogens is 1. The normalized spacial score (nSPS) is 17.6. The van der Waals surface area contributed by atoms with Crippen LogP contribution in [0.3, 0.4) is 0 Å². The Kier molecular flexibility index (Phi) is 5.77. The van der Waals surface area contributed by atoms with Crippen LogP contribution in [-0.2, 0) is 9.59 Å². The van der Waals surface area contributed by atoms with Crippen LogP contribution in [0.4, 0.5) is 5.69 Å². The predicted octanol–water partition coefficient (Wildman–Crippen LogP) is 4.72. The monoisotopic (exact) mass is 428 g/mol. The van der Waals surface area contributed by atoms with Crippen molar-refractivity contribution < 1.29 is 19.4 Å². The minimum Gasteiger partial charge on any atom is -0.507 e. The molecular formula is C26H24N2O4. The van der Waals surface area contributed by atoms with Crippen molar-refractivity contribution in [2.45, 2.75) is 26.8 Å². The van der Waals surface area contributed by atoms with Gasteiger partial charge in [-0.25, -0.2) is 0 Å². The number of aryl methyl sites for hydroxylation is 2. The van der Waals surface area contributed by atoms with Crippen LogP contribution < -0.4 is 9.64 Å². The van der Waals surface area contributed by atoms with E-state index < -0.39 is 17.7 Å². The number of carbonyl (C=O) groups excluding carboxylic acids is 2. The van der Waals surface area contributed by atoms with Crippen molar-refractivity contribution in [2.75, 3.05) is 11.5 Å². The summed E-state index contributed by atoms with van der Waals surface area (Å²) >= 11 is 0. The molecule has 6 heteroatoms. The van der Waals surface area contributed by atoms with Crippen LogP contribution in [0.1, 0.15) is 35.2 Å². The molecule has 1 N–H and O–H groups in total. The fourth-order valence-electron chi connectivity index (χ4n) is 4.00. The molecule has 3 aromatic rings. The fraction of sp³-hybridized carbons (Fsp3) is 0.192. The molecule has 162 valence electrons. The number of Topliss-reactive ketones (excluding diaryl/α,β-unsaturated/α-hetero) is 1. The van der Waals surface area contributed by atoms with E-state index in [4.69, 9.17) is 4.74 Å². The molecule has 2 aromatic carbocycles. The summed E-state index contributed by atoms with van der Waals surface area (Å²) in [5, 5.41) is 11.2. The van der Waals surface area contributed by atoms with Gasteiger partial charge in [-0.3, -0.25) is 19.5 Å². The summed E-state index contributed by atoms with van der Waals surface area (Å²) < 4.78 is 5.58. The Balaban J connectivity index is 1.90. The van der Waals surface area contributed by atoms with E-state index in [0.717, 1.165) is 11.1 Å². The van der Waals surface area contributed by atoms with E-state index in [2.05, 4.69) is 4.98 Å². The maximum atomic E-state index is 13.2. The third kappa shape index (κ3) is 3.75. The van der Waals surface area contributed by atoms with Gasteiger partial charge in [0.05, 0.1) is 18.2 Å². The molecule has 1 atom stereocenters. The van der Waals surface area contributed by atoms with E-state index >= 15 is 0 Å². The van der Waals surface area contributed by atoms with Crippen LogP contribution in [0.2, 0.25) is 0 Å².